The smallest absolute Gasteiger partial charge is 0.323 e. The molecule has 7 nitrogen and oxygen atoms in total. The Balaban J connectivity index is 2.16. The molecule has 1 aromatic rings. The normalized spacial score (nSPS) is 15.6. The summed E-state index contributed by atoms with van der Waals surface area (Å²) in [4.78, 5) is 15.0. The highest BCUT2D eigenvalue weighted by Gasteiger charge is 2.16. The van der Waals surface area contributed by atoms with Gasteiger partial charge < -0.3 is 20.3 Å². The summed E-state index contributed by atoms with van der Waals surface area (Å²) in [5.74, 6) is 1.23. The van der Waals surface area contributed by atoms with Gasteiger partial charge in [0.25, 0.3) is 0 Å². The van der Waals surface area contributed by atoms with Crippen LogP contribution in [0.3, 0.4) is 0 Å². The Bertz CT molecular complexity index is 380. The largest absolute Gasteiger partial charge is 0.463 e. The average molecular weight is 252 g/mol. The molecule has 0 aromatic carbocycles. The van der Waals surface area contributed by atoms with Crippen molar-refractivity contribution < 1.29 is 4.74 Å². The molecule has 7 heteroatoms. The number of nitrogens with one attached hydrogen (secondary N) is 2. The summed E-state index contributed by atoms with van der Waals surface area (Å²) in [6, 6.07) is 0.393. The SMILES string of the molecule is CCCOc1nc(NC)nc(N2CCNCC2)n1. The highest BCUT2D eigenvalue weighted by molar-refractivity contribution is 5.38. The summed E-state index contributed by atoms with van der Waals surface area (Å²) >= 11 is 0. The summed E-state index contributed by atoms with van der Waals surface area (Å²) in [6.45, 7) is 6.38. The van der Waals surface area contributed by atoms with Crippen LogP contribution in [0.5, 0.6) is 6.01 Å². The molecule has 1 aromatic heterocycles. The number of hydrogen-bond donors (Lipinski definition) is 2. The van der Waals surface area contributed by atoms with Crippen molar-refractivity contribution >= 4 is 11.9 Å². The van der Waals surface area contributed by atoms with Crippen molar-refractivity contribution in [2.24, 2.45) is 0 Å². The minimum atomic E-state index is 0.393. The van der Waals surface area contributed by atoms with Crippen LogP contribution in [-0.4, -0.2) is 54.8 Å². The van der Waals surface area contributed by atoms with Crippen molar-refractivity contribution in [1.82, 2.24) is 20.3 Å². The predicted octanol–water partition coefficient (Wildman–Crippen LogP) is 0.112. The maximum absolute atomic E-state index is 5.48. The minimum absolute atomic E-state index is 0.393. The second-order valence-corrected chi connectivity index (χ2v) is 4.08. The molecule has 0 bridgehead atoms. The monoisotopic (exact) mass is 252 g/mol. The van der Waals surface area contributed by atoms with E-state index in [1.807, 2.05) is 0 Å². The summed E-state index contributed by atoms with van der Waals surface area (Å²) in [5, 5.41) is 6.24. The van der Waals surface area contributed by atoms with Crippen molar-refractivity contribution in [3.63, 3.8) is 0 Å². The molecule has 0 saturated carbocycles. The Morgan fingerprint density at radius 2 is 2.06 bits per heavy atom. The second-order valence-electron chi connectivity index (χ2n) is 4.08. The Labute approximate surface area is 107 Å². The zero-order valence-corrected chi connectivity index (χ0v) is 10.9. The first-order valence-corrected chi connectivity index (χ1v) is 6.35. The van der Waals surface area contributed by atoms with E-state index in [1.54, 1.807) is 7.05 Å². The molecule has 0 aliphatic carbocycles. The van der Waals surface area contributed by atoms with Crippen LogP contribution in [0.25, 0.3) is 0 Å². The Kier molecular flexibility index (Phi) is 4.52. The van der Waals surface area contributed by atoms with Crippen LogP contribution in [0.4, 0.5) is 11.9 Å². The summed E-state index contributed by atoms with van der Waals surface area (Å²) < 4.78 is 5.48. The minimum Gasteiger partial charge on any atom is -0.463 e. The van der Waals surface area contributed by atoms with Crippen LogP contribution in [0, 0.1) is 0 Å². The topological polar surface area (TPSA) is 75.2 Å². The van der Waals surface area contributed by atoms with Gasteiger partial charge in [0.1, 0.15) is 0 Å². The number of aromatic nitrogens is 3. The predicted molar refractivity (Wildman–Crippen MR) is 70.2 cm³/mol. The number of hydrogen-bond acceptors (Lipinski definition) is 7. The molecule has 0 amide bonds. The van der Waals surface area contributed by atoms with Crippen molar-refractivity contribution in [1.29, 1.82) is 0 Å². The first-order valence-electron chi connectivity index (χ1n) is 6.35. The maximum atomic E-state index is 5.48. The molecule has 2 rings (SSSR count). The number of nitrogens with zero attached hydrogens (tertiary/aromatic N) is 4. The Morgan fingerprint density at radius 3 is 2.72 bits per heavy atom. The summed E-state index contributed by atoms with van der Waals surface area (Å²) in [6.07, 6.45) is 0.934. The van der Waals surface area contributed by atoms with E-state index in [0.717, 1.165) is 32.6 Å². The lowest BCUT2D eigenvalue weighted by molar-refractivity contribution is 0.291. The van der Waals surface area contributed by atoms with E-state index < -0.39 is 0 Å². The van der Waals surface area contributed by atoms with Gasteiger partial charge in [0.2, 0.25) is 11.9 Å². The van der Waals surface area contributed by atoms with E-state index in [0.29, 0.717) is 24.5 Å². The van der Waals surface area contributed by atoms with Gasteiger partial charge in [-0.25, -0.2) is 0 Å². The standard InChI is InChI=1S/C11H20N6O/c1-3-8-18-11-15-9(12-2)14-10(16-11)17-6-4-13-5-7-17/h13H,3-8H2,1-2H3,(H,12,14,15,16). The van der Waals surface area contributed by atoms with Crippen LogP contribution in [0.1, 0.15) is 13.3 Å². The fraction of sp³-hybridized carbons (Fsp3) is 0.727. The Hall–Kier alpha value is -1.63. The molecule has 100 valence electrons. The maximum Gasteiger partial charge on any atom is 0.323 e. The van der Waals surface area contributed by atoms with E-state index in [4.69, 9.17) is 4.74 Å². The number of ether oxygens (including phenoxy) is 1. The first kappa shape index (κ1) is 12.8. The fourth-order valence-electron chi connectivity index (χ4n) is 1.72. The first-order chi connectivity index (χ1) is 8.83. The van der Waals surface area contributed by atoms with Gasteiger partial charge in [0, 0.05) is 33.2 Å². The third kappa shape index (κ3) is 3.19. The van der Waals surface area contributed by atoms with E-state index in [1.165, 1.54) is 0 Å². The quantitative estimate of drug-likeness (QED) is 0.770. The highest BCUT2D eigenvalue weighted by Crippen LogP contribution is 2.15. The van der Waals surface area contributed by atoms with E-state index in [2.05, 4.69) is 37.4 Å². The molecule has 0 spiro atoms. The molecular formula is C11H20N6O. The fourth-order valence-corrected chi connectivity index (χ4v) is 1.72. The average Bonchev–Trinajstić information content (AvgIpc) is 2.45. The lowest BCUT2D eigenvalue weighted by Gasteiger charge is -2.27. The molecule has 1 aliphatic rings. The molecule has 2 N–H and O–H groups in total. The lowest BCUT2D eigenvalue weighted by atomic mass is 10.4. The van der Waals surface area contributed by atoms with Crippen LogP contribution in [-0.2, 0) is 0 Å². The van der Waals surface area contributed by atoms with Crippen LogP contribution >= 0.6 is 0 Å². The van der Waals surface area contributed by atoms with Crippen LogP contribution in [0.2, 0.25) is 0 Å². The van der Waals surface area contributed by atoms with Crippen molar-refractivity contribution in [3.8, 4) is 6.01 Å². The molecule has 2 heterocycles. The van der Waals surface area contributed by atoms with Gasteiger partial charge in [0.15, 0.2) is 0 Å². The number of anilines is 2. The molecule has 1 aliphatic heterocycles. The zero-order chi connectivity index (χ0) is 12.8. The van der Waals surface area contributed by atoms with Crippen molar-refractivity contribution in [3.05, 3.63) is 0 Å². The molecule has 0 unspecified atom stereocenters. The summed E-state index contributed by atoms with van der Waals surface area (Å²) in [5.41, 5.74) is 0. The third-order valence-electron chi connectivity index (χ3n) is 2.66. The third-order valence-corrected chi connectivity index (χ3v) is 2.66. The molecular weight excluding hydrogens is 232 g/mol. The zero-order valence-electron chi connectivity index (χ0n) is 10.9. The van der Waals surface area contributed by atoms with Gasteiger partial charge >= 0.3 is 6.01 Å². The summed E-state index contributed by atoms with van der Waals surface area (Å²) in [7, 11) is 1.79. The van der Waals surface area contributed by atoms with Crippen LogP contribution in [0.15, 0.2) is 0 Å². The number of piperazine rings is 1. The molecule has 0 atom stereocenters. The van der Waals surface area contributed by atoms with Crippen LogP contribution < -0.4 is 20.3 Å². The number of rotatable bonds is 5. The van der Waals surface area contributed by atoms with Gasteiger partial charge in [-0.3, -0.25) is 0 Å². The van der Waals surface area contributed by atoms with Gasteiger partial charge in [-0.2, -0.15) is 15.0 Å². The molecule has 18 heavy (non-hydrogen) atoms. The van der Waals surface area contributed by atoms with E-state index in [-0.39, 0.29) is 0 Å². The van der Waals surface area contributed by atoms with Gasteiger partial charge in [0.05, 0.1) is 6.61 Å². The second kappa shape index (κ2) is 6.34. The molecule has 1 fully saturated rings. The van der Waals surface area contributed by atoms with Gasteiger partial charge in [-0.05, 0) is 6.42 Å². The van der Waals surface area contributed by atoms with Gasteiger partial charge in [-0.15, -0.1) is 0 Å². The molecule has 1 saturated heterocycles. The Morgan fingerprint density at radius 1 is 1.28 bits per heavy atom. The van der Waals surface area contributed by atoms with E-state index in [9.17, 15) is 0 Å². The van der Waals surface area contributed by atoms with Crippen molar-refractivity contribution in [2.75, 3.05) is 50.1 Å². The lowest BCUT2D eigenvalue weighted by Crippen LogP contribution is -2.44. The molecule has 0 radical (unpaired) electrons. The highest BCUT2D eigenvalue weighted by atomic mass is 16.5. The van der Waals surface area contributed by atoms with Crippen molar-refractivity contribution in [2.45, 2.75) is 13.3 Å². The van der Waals surface area contributed by atoms with Gasteiger partial charge in [-0.1, -0.05) is 6.92 Å². The van der Waals surface area contributed by atoms with E-state index >= 15 is 0 Å².